The highest BCUT2D eigenvalue weighted by Crippen LogP contribution is 2.28. The van der Waals surface area contributed by atoms with Crippen molar-refractivity contribution in [2.45, 2.75) is 31.8 Å². The van der Waals surface area contributed by atoms with Gasteiger partial charge in [0.15, 0.2) is 0 Å². The number of hydrogen-bond acceptors (Lipinski definition) is 1. The maximum absolute atomic E-state index is 13.3. The predicted molar refractivity (Wildman–Crippen MR) is 70.2 cm³/mol. The lowest BCUT2D eigenvalue weighted by Crippen LogP contribution is -2.40. The van der Waals surface area contributed by atoms with Crippen molar-refractivity contribution in [2.24, 2.45) is 0 Å². The molecule has 1 aromatic carbocycles. The number of nitrogens with zero attached hydrogens (tertiary/aromatic N) is 1. The molecule has 0 amide bonds. The monoisotopic (exact) mass is 275 g/mol. The van der Waals surface area contributed by atoms with Crippen LogP contribution in [-0.4, -0.2) is 23.4 Å². The van der Waals surface area contributed by atoms with E-state index in [1.54, 1.807) is 6.07 Å². The first kappa shape index (κ1) is 13.1. The van der Waals surface area contributed by atoms with E-state index in [1.165, 1.54) is 25.3 Å². The van der Waals surface area contributed by atoms with E-state index in [4.69, 9.17) is 23.2 Å². The minimum absolute atomic E-state index is 0.242. The lowest BCUT2D eigenvalue weighted by molar-refractivity contribution is 0.127. The molecule has 0 N–H and O–H groups in total. The third kappa shape index (κ3) is 3.12. The van der Waals surface area contributed by atoms with E-state index in [0.717, 1.165) is 12.1 Å². The fraction of sp³-hybridized carbons (Fsp3) is 0.538. The highest BCUT2D eigenvalue weighted by Gasteiger charge is 2.25. The Kier molecular flexibility index (Phi) is 4.66. The molecule has 1 saturated carbocycles. The molecule has 1 aliphatic carbocycles. The van der Waals surface area contributed by atoms with Gasteiger partial charge in [0, 0.05) is 25.0 Å². The van der Waals surface area contributed by atoms with Crippen molar-refractivity contribution in [3.8, 4) is 0 Å². The molecular weight excluding hydrogens is 260 g/mol. The Balaban J connectivity index is 2.08. The van der Waals surface area contributed by atoms with Gasteiger partial charge in [-0.25, -0.2) is 4.39 Å². The number of benzene rings is 1. The van der Waals surface area contributed by atoms with Crippen LogP contribution in [0.2, 0.25) is 5.02 Å². The molecule has 94 valence electrons. The molecule has 1 aromatic rings. The van der Waals surface area contributed by atoms with E-state index in [2.05, 4.69) is 4.90 Å². The first-order valence-corrected chi connectivity index (χ1v) is 6.86. The van der Waals surface area contributed by atoms with Gasteiger partial charge in [0.2, 0.25) is 0 Å². The van der Waals surface area contributed by atoms with E-state index in [-0.39, 0.29) is 10.8 Å². The molecule has 0 aliphatic heterocycles. The second-order valence-corrected chi connectivity index (χ2v) is 5.21. The molecule has 0 aromatic heterocycles. The zero-order chi connectivity index (χ0) is 12.3. The van der Waals surface area contributed by atoms with E-state index in [0.29, 0.717) is 18.5 Å². The Morgan fingerprint density at radius 1 is 1.35 bits per heavy atom. The molecule has 0 atom stereocenters. The van der Waals surface area contributed by atoms with Gasteiger partial charge in [-0.2, -0.15) is 0 Å². The molecule has 1 nitrogen and oxygen atoms in total. The molecule has 0 bridgehead atoms. The average molecular weight is 276 g/mol. The van der Waals surface area contributed by atoms with Crippen molar-refractivity contribution < 1.29 is 4.39 Å². The SMILES string of the molecule is Fc1cccc(CN(CCCl)C2CCC2)c1Cl. The summed E-state index contributed by atoms with van der Waals surface area (Å²) in [6.45, 7) is 1.52. The van der Waals surface area contributed by atoms with Gasteiger partial charge in [-0.3, -0.25) is 4.90 Å². The number of alkyl halides is 1. The van der Waals surface area contributed by atoms with Crippen molar-refractivity contribution in [3.63, 3.8) is 0 Å². The van der Waals surface area contributed by atoms with Gasteiger partial charge in [0.05, 0.1) is 5.02 Å². The average Bonchev–Trinajstić information content (AvgIpc) is 2.22. The van der Waals surface area contributed by atoms with Crippen molar-refractivity contribution in [1.29, 1.82) is 0 Å². The Morgan fingerprint density at radius 3 is 2.71 bits per heavy atom. The quantitative estimate of drug-likeness (QED) is 0.733. The zero-order valence-corrected chi connectivity index (χ0v) is 11.1. The van der Waals surface area contributed by atoms with Crippen molar-refractivity contribution in [2.75, 3.05) is 12.4 Å². The third-order valence-corrected chi connectivity index (χ3v) is 3.96. The minimum Gasteiger partial charge on any atom is -0.295 e. The maximum Gasteiger partial charge on any atom is 0.142 e. The van der Waals surface area contributed by atoms with Crippen LogP contribution >= 0.6 is 23.2 Å². The van der Waals surface area contributed by atoms with E-state index in [9.17, 15) is 4.39 Å². The normalized spacial score (nSPS) is 16.2. The summed E-state index contributed by atoms with van der Waals surface area (Å²) >= 11 is 11.8. The van der Waals surface area contributed by atoms with Crippen LogP contribution in [-0.2, 0) is 6.54 Å². The molecule has 2 rings (SSSR count). The molecule has 0 heterocycles. The maximum atomic E-state index is 13.3. The summed E-state index contributed by atoms with van der Waals surface area (Å²) in [7, 11) is 0. The van der Waals surface area contributed by atoms with E-state index >= 15 is 0 Å². The molecule has 1 fully saturated rings. The van der Waals surface area contributed by atoms with Crippen LogP contribution in [0.4, 0.5) is 4.39 Å². The van der Waals surface area contributed by atoms with E-state index < -0.39 is 0 Å². The standard InChI is InChI=1S/C13H16Cl2FN/c14-7-8-17(11-4-2-5-11)9-10-3-1-6-12(16)13(10)15/h1,3,6,11H,2,4-5,7-9H2. The van der Waals surface area contributed by atoms with Crippen molar-refractivity contribution in [1.82, 2.24) is 4.90 Å². The van der Waals surface area contributed by atoms with Crippen molar-refractivity contribution >= 4 is 23.2 Å². The lowest BCUT2D eigenvalue weighted by atomic mass is 9.91. The van der Waals surface area contributed by atoms with E-state index in [1.807, 2.05) is 6.07 Å². The Bertz CT molecular complexity index is 380. The molecular formula is C13H16Cl2FN. The summed E-state index contributed by atoms with van der Waals surface area (Å²) in [5.74, 6) is 0.257. The Hall–Kier alpha value is -0.310. The second-order valence-electron chi connectivity index (χ2n) is 4.46. The van der Waals surface area contributed by atoms with Crippen LogP contribution in [0, 0.1) is 5.82 Å². The van der Waals surface area contributed by atoms with Crippen molar-refractivity contribution in [3.05, 3.63) is 34.6 Å². The summed E-state index contributed by atoms with van der Waals surface area (Å²) in [6.07, 6.45) is 3.70. The smallest absolute Gasteiger partial charge is 0.142 e. The summed E-state index contributed by atoms with van der Waals surface area (Å²) in [6, 6.07) is 5.57. The first-order valence-electron chi connectivity index (χ1n) is 5.95. The van der Waals surface area contributed by atoms with Gasteiger partial charge in [-0.05, 0) is 24.5 Å². The molecule has 17 heavy (non-hydrogen) atoms. The fourth-order valence-electron chi connectivity index (χ4n) is 2.14. The summed E-state index contributed by atoms with van der Waals surface area (Å²) in [4.78, 5) is 2.30. The summed E-state index contributed by atoms with van der Waals surface area (Å²) in [5, 5.41) is 0.242. The van der Waals surface area contributed by atoms with Gasteiger partial charge in [-0.15, -0.1) is 11.6 Å². The van der Waals surface area contributed by atoms with Gasteiger partial charge in [-0.1, -0.05) is 30.2 Å². The number of halogens is 3. The van der Waals surface area contributed by atoms with Crippen LogP contribution in [0.15, 0.2) is 18.2 Å². The molecule has 1 aliphatic rings. The topological polar surface area (TPSA) is 3.24 Å². The van der Waals surface area contributed by atoms with Gasteiger partial charge < -0.3 is 0 Å². The van der Waals surface area contributed by atoms with Gasteiger partial charge in [0.25, 0.3) is 0 Å². The Morgan fingerprint density at radius 2 is 2.12 bits per heavy atom. The number of rotatable bonds is 5. The first-order chi connectivity index (χ1) is 8.22. The fourth-order valence-corrected chi connectivity index (χ4v) is 2.54. The van der Waals surface area contributed by atoms with Crippen LogP contribution in [0.5, 0.6) is 0 Å². The molecule has 0 saturated heterocycles. The lowest BCUT2D eigenvalue weighted by Gasteiger charge is -2.37. The minimum atomic E-state index is -0.344. The van der Waals surface area contributed by atoms with Crippen LogP contribution in [0.1, 0.15) is 24.8 Å². The molecule has 0 unspecified atom stereocenters. The highest BCUT2D eigenvalue weighted by molar-refractivity contribution is 6.31. The molecule has 0 spiro atoms. The van der Waals surface area contributed by atoms with Crippen LogP contribution < -0.4 is 0 Å². The van der Waals surface area contributed by atoms with Gasteiger partial charge >= 0.3 is 0 Å². The number of hydrogen-bond donors (Lipinski definition) is 0. The highest BCUT2D eigenvalue weighted by atomic mass is 35.5. The molecule has 0 radical (unpaired) electrons. The summed E-state index contributed by atoms with van der Waals surface area (Å²) in [5.41, 5.74) is 0.851. The summed E-state index contributed by atoms with van der Waals surface area (Å²) < 4.78 is 13.3. The van der Waals surface area contributed by atoms with Crippen LogP contribution in [0.3, 0.4) is 0 Å². The predicted octanol–water partition coefficient (Wildman–Crippen LogP) is 4.07. The Labute approximate surface area is 112 Å². The van der Waals surface area contributed by atoms with Crippen LogP contribution in [0.25, 0.3) is 0 Å². The molecule has 4 heteroatoms. The van der Waals surface area contributed by atoms with Gasteiger partial charge in [0.1, 0.15) is 5.82 Å². The largest absolute Gasteiger partial charge is 0.295 e. The second kappa shape index (κ2) is 6.03. The zero-order valence-electron chi connectivity index (χ0n) is 9.63. The third-order valence-electron chi connectivity index (χ3n) is 3.37.